The van der Waals surface area contributed by atoms with Crippen molar-refractivity contribution in [1.82, 2.24) is 4.90 Å². The lowest BCUT2D eigenvalue weighted by molar-refractivity contribution is 0.219. The monoisotopic (exact) mass is 244 g/mol. The molecular formula is C16H24N2. The normalized spacial score (nSPS) is 21.3. The maximum absolute atomic E-state index is 2.67. The number of anilines is 1. The zero-order chi connectivity index (χ0) is 12.5. The van der Waals surface area contributed by atoms with E-state index in [9.17, 15) is 0 Å². The number of likely N-dealkylation sites (tertiary alicyclic amines) is 1. The standard InChI is InChI=1S/C16H24N2/c1-3-17-9-7-15(8-10-17)18-11-6-14-12-13(2)4-5-16(14)18/h4-5,12,15H,3,6-11H2,1-2H3. The second-order valence-electron chi connectivity index (χ2n) is 5.74. The molecule has 2 heteroatoms. The van der Waals surface area contributed by atoms with Crippen LogP contribution in [0.2, 0.25) is 0 Å². The Balaban J connectivity index is 1.73. The number of hydrogen-bond acceptors (Lipinski definition) is 2. The number of aryl methyl sites for hydroxylation is 1. The van der Waals surface area contributed by atoms with Crippen LogP contribution < -0.4 is 4.90 Å². The second-order valence-corrected chi connectivity index (χ2v) is 5.74. The van der Waals surface area contributed by atoms with Crippen molar-refractivity contribution >= 4 is 5.69 Å². The maximum atomic E-state index is 2.67. The van der Waals surface area contributed by atoms with Crippen LogP contribution in [0.3, 0.4) is 0 Å². The number of rotatable bonds is 2. The largest absolute Gasteiger partial charge is 0.368 e. The molecule has 98 valence electrons. The molecule has 0 radical (unpaired) electrons. The van der Waals surface area contributed by atoms with Gasteiger partial charge in [-0.3, -0.25) is 0 Å². The average molecular weight is 244 g/mol. The van der Waals surface area contributed by atoms with Gasteiger partial charge in [0, 0.05) is 31.4 Å². The van der Waals surface area contributed by atoms with E-state index in [0.29, 0.717) is 0 Å². The lowest BCUT2D eigenvalue weighted by Gasteiger charge is -2.37. The molecule has 0 amide bonds. The summed E-state index contributed by atoms with van der Waals surface area (Å²) in [6.07, 6.45) is 3.91. The predicted octanol–water partition coefficient (Wildman–Crippen LogP) is 2.84. The number of nitrogens with zero attached hydrogens (tertiary/aromatic N) is 2. The van der Waals surface area contributed by atoms with Crippen LogP contribution in [0.4, 0.5) is 5.69 Å². The van der Waals surface area contributed by atoms with E-state index in [1.165, 1.54) is 56.7 Å². The number of piperidine rings is 1. The van der Waals surface area contributed by atoms with Crippen LogP contribution in [0.5, 0.6) is 0 Å². The molecule has 2 aliphatic heterocycles. The number of benzene rings is 1. The summed E-state index contributed by atoms with van der Waals surface area (Å²) in [7, 11) is 0. The highest BCUT2D eigenvalue weighted by Crippen LogP contribution is 2.33. The van der Waals surface area contributed by atoms with E-state index >= 15 is 0 Å². The minimum Gasteiger partial charge on any atom is -0.368 e. The molecule has 0 aromatic heterocycles. The zero-order valence-corrected chi connectivity index (χ0v) is 11.7. The lowest BCUT2D eigenvalue weighted by Crippen LogP contribution is -2.44. The van der Waals surface area contributed by atoms with Gasteiger partial charge in [-0.1, -0.05) is 24.6 Å². The van der Waals surface area contributed by atoms with Crippen molar-refractivity contribution in [1.29, 1.82) is 0 Å². The Morgan fingerprint density at radius 1 is 1.17 bits per heavy atom. The van der Waals surface area contributed by atoms with Gasteiger partial charge in [-0.05, 0) is 44.4 Å². The van der Waals surface area contributed by atoms with Crippen molar-refractivity contribution < 1.29 is 0 Å². The van der Waals surface area contributed by atoms with E-state index in [1.54, 1.807) is 5.56 Å². The van der Waals surface area contributed by atoms with Crippen molar-refractivity contribution in [2.45, 2.75) is 39.2 Å². The van der Waals surface area contributed by atoms with Crippen molar-refractivity contribution in [3.05, 3.63) is 29.3 Å². The first kappa shape index (κ1) is 12.0. The van der Waals surface area contributed by atoms with Gasteiger partial charge in [-0.2, -0.15) is 0 Å². The fraction of sp³-hybridized carbons (Fsp3) is 0.625. The van der Waals surface area contributed by atoms with E-state index in [-0.39, 0.29) is 0 Å². The van der Waals surface area contributed by atoms with Crippen LogP contribution in [0.15, 0.2) is 18.2 Å². The molecular weight excluding hydrogens is 220 g/mol. The third-order valence-electron chi connectivity index (χ3n) is 4.61. The van der Waals surface area contributed by atoms with E-state index < -0.39 is 0 Å². The summed E-state index contributed by atoms with van der Waals surface area (Å²) in [6.45, 7) is 9.47. The molecule has 3 rings (SSSR count). The summed E-state index contributed by atoms with van der Waals surface area (Å²) in [6, 6.07) is 7.75. The van der Waals surface area contributed by atoms with Gasteiger partial charge in [0.25, 0.3) is 0 Å². The summed E-state index contributed by atoms with van der Waals surface area (Å²) in [5.41, 5.74) is 4.47. The fourth-order valence-corrected chi connectivity index (χ4v) is 3.48. The highest BCUT2D eigenvalue weighted by Gasteiger charge is 2.28. The third-order valence-corrected chi connectivity index (χ3v) is 4.61. The molecule has 1 saturated heterocycles. The number of hydrogen-bond donors (Lipinski definition) is 0. The van der Waals surface area contributed by atoms with Gasteiger partial charge in [0.05, 0.1) is 0 Å². The van der Waals surface area contributed by atoms with Gasteiger partial charge in [-0.15, -0.1) is 0 Å². The first-order valence-corrected chi connectivity index (χ1v) is 7.36. The molecule has 1 aromatic carbocycles. The fourth-order valence-electron chi connectivity index (χ4n) is 3.48. The van der Waals surface area contributed by atoms with Crippen LogP contribution in [0, 0.1) is 6.92 Å². The van der Waals surface area contributed by atoms with Crippen molar-refractivity contribution in [2.75, 3.05) is 31.1 Å². The van der Waals surface area contributed by atoms with Crippen molar-refractivity contribution in [2.24, 2.45) is 0 Å². The van der Waals surface area contributed by atoms with Crippen LogP contribution in [0.25, 0.3) is 0 Å². The molecule has 0 spiro atoms. The lowest BCUT2D eigenvalue weighted by atomic mass is 10.0. The summed E-state index contributed by atoms with van der Waals surface area (Å²) in [5.74, 6) is 0. The van der Waals surface area contributed by atoms with Crippen LogP contribution >= 0.6 is 0 Å². The number of fused-ring (bicyclic) bond motifs is 1. The SMILES string of the molecule is CCN1CCC(N2CCc3cc(C)ccc32)CC1. The Kier molecular flexibility index (Phi) is 3.29. The average Bonchev–Trinajstić information content (AvgIpc) is 2.81. The molecule has 1 aromatic rings. The Bertz CT molecular complexity index is 419. The Labute approximate surface area is 111 Å². The molecule has 0 bridgehead atoms. The van der Waals surface area contributed by atoms with Crippen molar-refractivity contribution in [3.63, 3.8) is 0 Å². The minimum absolute atomic E-state index is 0.775. The summed E-state index contributed by atoms with van der Waals surface area (Å²) >= 11 is 0. The Hall–Kier alpha value is -1.02. The molecule has 0 saturated carbocycles. The van der Waals surface area contributed by atoms with Gasteiger partial charge in [0.15, 0.2) is 0 Å². The van der Waals surface area contributed by atoms with Crippen LogP contribution in [-0.2, 0) is 6.42 Å². The maximum Gasteiger partial charge on any atom is 0.0402 e. The van der Waals surface area contributed by atoms with Crippen LogP contribution in [-0.4, -0.2) is 37.1 Å². The smallest absolute Gasteiger partial charge is 0.0402 e. The first-order valence-electron chi connectivity index (χ1n) is 7.36. The molecule has 1 fully saturated rings. The molecule has 0 atom stereocenters. The van der Waals surface area contributed by atoms with Crippen molar-refractivity contribution in [3.8, 4) is 0 Å². The Morgan fingerprint density at radius 2 is 1.94 bits per heavy atom. The molecule has 2 nitrogen and oxygen atoms in total. The predicted molar refractivity (Wildman–Crippen MR) is 77.4 cm³/mol. The Morgan fingerprint density at radius 3 is 2.67 bits per heavy atom. The topological polar surface area (TPSA) is 6.48 Å². The van der Waals surface area contributed by atoms with E-state index in [0.717, 1.165) is 6.04 Å². The van der Waals surface area contributed by atoms with Gasteiger partial charge in [-0.25, -0.2) is 0 Å². The van der Waals surface area contributed by atoms with Gasteiger partial charge < -0.3 is 9.80 Å². The van der Waals surface area contributed by atoms with Gasteiger partial charge in [0.2, 0.25) is 0 Å². The van der Waals surface area contributed by atoms with E-state index in [4.69, 9.17) is 0 Å². The zero-order valence-electron chi connectivity index (χ0n) is 11.7. The quantitative estimate of drug-likeness (QED) is 0.789. The minimum atomic E-state index is 0.775. The molecule has 0 aliphatic carbocycles. The summed E-state index contributed by atoms with van der Waals surface area (Å²) < 4.78 is 0. The molecule has 0 N–H and O–H groups in total. The first-order chi connectivity index (χ1) is 8.78. The molecule has 2 aliphatic rings. The molecule has 2 heterocycles. The highest BCUT2D eigenvalue weighted by atomic mass is 15.2. The molecule has 18 heavy (non-hydrogen) atoms. The third kappa shape index (κ3) is 2.14. The summed E-state index contributed by atoms with van der Waals surface area (Å²) in [4.78, 5) is 5.24. The second kappa shape index (κ2) is 4.93. The van der Waals surface area contributed by atoms with Gasteiger partial charge >= 0.3 is 0 Å². The van der Waals surface area contributed by atoms with E-state index in [2.05, 4.69) is 41.8 Å². The van der Waals surface area contributed by atoms with Crippen LogP contribution in [0.1, 0.15) is 30.9 Å². The molecule has 0 unspecified atom stereocenters. The van der Waals surface area contributed by atoms with E-state index in [1.807, 2.05) is 0 Å². The van der Waals surface area contributed by atoms with Gasteiger partial charge in [0.1, 0.15) is 0 Å². The highest BCUT2D eigenvalue weighted by molar-refractivity contribution is 5.59. The summed E-state index contributed by atoms with van der Waals surface area (Å²) in [5, 5.41) is 0.